The topological polar surface area (TPSA) is 17.8 Å². The molecule has 80 valence electrons. The average Bonchev–Trinajstić information content (AvgIpc) is 2.40. The van der Waals surface area contributed by atoms with E-state index in [2.05, 4.69) is 32.8 Å². The highest BCUT2D eigenvalue weighted by atomic mass is 35.5. The van der Waals surface area contributed by atoms with Gasteiger partial charge in [-0.2, -0.15) is 5.10 Å². The molecule has 0 aromatic carbocycles. The minimum Gasteiger partial charge on any atom is -0.248 e. The molecule has 0 bridgehead atoms. The van der Waals surface area contributed by atoms with E-state index < -0.39 is 0 Å². The van der Waals surface area contributed by atoms with Crippen LogP contribution in [0.1, 0.15) is 39.0 Å². The van der Waals surface area contributed by atoms with Crippen LogP contribution in [0.25, 0.3) is 0 Å². The number of aromatic nitrogens is 2. The molecule has 1 rings (SSSR count). The van der Waals surface area contributed by atoms with Crippen LogP contribution in [0.4, 0.5) is 0 Å². The number of halogens is 2. The summed E-state index contributed by atoms with van der Waals surface area (Å²) in [5.74, 6) is 0.429. The fourth-order valence-electron chi connectivity index (χ4n) is 1.33. The summed E-state index contributed by atoms with van der Waals surface area (Å²) in [6.07, 6.45) is 0.866. The van der Waals surface area contributed by atoms with E-state index >= 15 is 0 Å². The van der Waals surface area contributed by atoms with Crippen molar-refractivity contribution in [3.05, 3.63) is 16.4 Å². The van der Waals surface area contributed by atoms with Crippen LogP contribution in [0.3, 0.4) is 0 Å². The Morgan fingerprint density at radius 3 is 2.21 bits per heavy atom. The lowest BCUT2D eigenvalue weighted by Crippen LogP contribution is -2.23. The Labute approximate surface area is 95.2 Å². The van der Waals surface area contributed by atoms with Crippen LogP contribution in [-0.4, -0.2) is 9.78 Å². The Morgan fingerprint density at radius 2 is 1.93 bits per heavy atom. The molecule has 0 unspecified atom stereocenters. The standard InChI is InChI=1S/C10H16Cl2N2/c1-5-8-7(6-11)9(12)14(13-8)10(2,3)4/h5-6H2,1-4H3. The molecule has 1 aromatic heterocycles. The van der Waals surface area contributed by atoms with Gasteiger partial charge in [0.05, 0.1) is 17.1 Å². The Morgan fingerprint density at radius 1 is 1.36 bits per heavy atom. The first kappa shape index (κ1) is 11.9. The van der Waals surface area contributed by atoms with Crippen molar-refractivity contribution in [3.63, 3.8) is 0 Å². The summed E-state index contributed by atoms with van der Waals surface area (Å²) in [5.41, 5.74) is 1.87. The van der Waals surface area contributed by atoms with Crippen molar-refractivity contribution >= 4 is 23.2 Å². The maximum Gasteiger partial charge on any atom is 0.132 e. The lowest BCUT2D eigenvalue weighted by atomic mass is 10.1. The third-order valence-corrected chi connectivity index (χ3v) is 2.76. The number of hydrogen-bond acceptors (Lipinski definition) is 1. The van der Waals surface area contributed by atoms with Gasteiger partial charge >= 0.3 is 0 Å². The third-order valence-electron chi connectivity index (χ3n) is 2.11. The van der Waals surface area contributed by atoms with Crippen LogP contribution in [-0.2, 0) is 17.8 Å². The maximum absolute atomic E-state index is 6.21. The zero-order valence-corrected chi connectivity index (χ0v) is 10.6. The molecule has 0 aliphatic rings. The van der Waals surface area contributed by atoms with Gasteiger partial charge < -0.3 is 0 Å². The van der Waals surface area contributed by atoms with E-state index in [0.29, 0.717) is 11.0 Å². The largest absolute Gasteiger partial charge is 0.248 e. The van der Waals surface area contributed by atoms with E-state index in [1.165, 1.54) is 0 Å². The number of alkyl halides is 1. The number of rotatable bonds is 2. The molecule has 0 fully saturated rings. The summed E-state index contributed by atoms with van der Waals surface area (Å²) < 4.78 is 1.84. The summed E-state index contributed by atoms with van der Waals surface area (Å²) in [4.78, 5) is 0. The molecule has 0 aliphatic carbocycles. The van der Waals surface area contributed by atoms with E-state index in [-0.39, 0.29) is 5.54 Å². The molecule has 0 atom stereocenters. The van der Waals surface area contributed by atoms with Crippen LogP contribution in [0.2, 0.25) is 5.15 Å². The normalized spacial score (nSPS) is 12.1. The molecule has 0 saturated heterocycles. The Kier molecular flexibility index (Phi) is 3.49. The molecule has 0 amide bonds. The number of hydrogen-bond donors (Lipinski definition) is 0. The molecule has 0 aliphatic heterocycles. The molecule has 0 saturated carbocycles. The predicted molar refractivity (Wildman–Crippen MR) is 61.2 cm³/mol. The van der Waals surface area contributed by atoms with Gasteiger partial charge in [0.1, 0.15) is 5.15 Å². The second kappa shape index (κ2) is 4.11. The Bertz CT molecular complexity index is 324. The molecule has 0 radical (unpaired) electrons. The first-order valence-electron chi connectivity index (χ1n) is 4.74. The van der Waals surface area contributed by atoms with Gasteiger partial charge in [-0.25, -0.2) is 4.68 Å². The van der Waals surface area contributed by atoms with Crippen LogP contribution < -0.4 is 0 Å². The van der Waals surface area contributed by atoms with Gasteiger partial charge in [-0.1, -0.05) is 18.5 Å². The Balaban J connectivity index is 3.28. The van der Waals surface area contributed by atoms with Gasteiger partial charge in [0, 0.05) is 5.56 Å². The monoisotopic (exact) mass is 234 g/mol. The molecule has 0 spiro atoms. The predicted octanol–water partition coefficient (Wildman–Crippen LogP) is 3.59. The van der Waals surface area contributed by atoms with Gasteiger partial charge in [-0.05, 0) is 27.2 Å². The summed E-state index contributed by atoms with van der Waals surface area (Å²) in [6.45, 7) is 8.28. The summed E-state index contributed by atoms with van der Waals surface area (Å²) >= 11 is 12.1. The zero-order valence-electron chi connectivity index (χ0n) is 9.06. The van der Waals surface area contributed by atoms with Crippen LogP contribution in [0, 0.1) is 0 Å². The SMILES string of the molecule is CCc1nn(C(C)(C)C)c(Cl)c1CCl. The fourth-order valence-corrected chi connectivity index (χ4v) is 2.15. The zero-order chi connectivity index (χ0) is 10.9. The van der Waals surface area contributed by atoms with Crippen molar-refractivity contribution in [1.82, 2.24) is 9.78 Å². The highest BCUT2D eigenvalue weighted by Gasteiger charge is 2.22. The van der Waals surface area contributed by atoms with E-state index in [0.717, 1.165) is 17.7 Å². The van der Waals surface area contributed by atoms with Gasteiger partial charge in [-0.3, -0.25) is 0 Å². The summed E-state index contributed by atoms with van der Waals surface area (Å²) in [7, 11) is 0. The van der Waals surface area contributed by atoms with Crippen LogP contribution in [0.15, 0.2) is 0 Å². The van der Waals surface area contributed by atoms with Gasteiger partial charge in [0.15, 0.2) is 0 Å². The smallest absolute Gasteiger partial charge is 0.132 e. The molecule has 14 heavy (non-hydrogen) atoms. The van der Waals surface area contributed by atoms with E-state index in [9.17, 15) is 0 Å². The van der Waals surface area contributed by atoms with Crippen molar-refractivity contribution in [3.8, 4) is 0 Å². The highest BCUT2D eigenvalue weighted by molar-refractivity contribution is 6.31. The minimum absolute atomic E-state index is 0.0920. The van der Waals surface area contributed by atoms with Crippen LogP contribution in [0.5, 0.6) is 0 Å². The molecule has 0 N–H and O–H groups in total. The third kappa shape index (κ3) is 2.06. The Hall–Kier alpha value is -0.210. The fraction of sp³-hybridized carbons (Fsp3) is 0.700. The van der Waals surface area contributed by atoms with E-state index in [4.69, 9.17) is 23.2 Å². The van der Waals surface area contributed by atoms with Crippen molar-refractivity contribution in [2.24, 2.45) is 0 Å². The molecule has 1 heterocycles. The van der Waals surface area contributed by atoms with E-state index in [1.807, 2.05) is 4.68 Å². The number of nitrogens with zero attached hydrogens (tertiary/aromatic N) is 2. The van der Waals surface area contributed by atoms with Gasteiger partial charge in [0.2, 0.25) is 0 Å². The molecule has 2 nitrogen and oxygen atoms in total. The lowest BCUT2D eigenvalue weighted by Gasteiger charge is -2.20. The average molecular weight is 235 g/mol. The molecular weight excluding hydrogens is 219 g/mol. The van der Waals surface area contributed by atoms with E-state index in [1.54, 1.807) is 0 Å². The molecule has 1 aromatic rings. The van der Waals surface area contributed by atoms with Gasteiger partial charge in [-0.15, -0.1) is 11.6 Å². The van der Waals surface area contributed by atoms with Crippen LogP contribution >= 0.6 is 23.2 Å². The quantitative estimate of drug-likeness (QED) is 0.716. The second-order valence-electron chi connectivity index (χ2n) is 4.29. The minimum atomic E-state index is -0.0920. The first-order valence-corrected chi connectivity index (χ1v) is 5.65. The van der Waals surface area contributed by atoms with Gasteiger partial charge in [0.25, 0.3) is 0 Å². The molecule has 4 heteroatoms. The highest BCUT2D eigenvalue weighted by Crippen LogP contribution is 2.27. The van der Waals surface area contributed by atoms with Crippen molar-refractivity contribution < 1.29 is 0 Å². The number of aryl methyl sites for hydroxylation is 1. The van der Waals surface area contributed by atoms with Crippen molar-refractivity contribution in [1.29, 1.82) is 0 Å². The summed E-state index contributed by atoms with van der Waals surface area (Å²) in [5, 5.41) is 5.14. The lowest BCUT2D eigenvalue weighted by molar-refractivity contribution is 0.354. The second-order valence-corrected chi connectivity index (χ2v) is 4.91. The first-order chi connectivity index (χ1) is 6.41. The molecular formula is C10H16Cl2N2. The summed E-state index contributed by atoms with van der Waals surface area (Å²) in [6, 6.07) is 0. The van der Waals surface area contributed by atoms with Crippen molar-refractivity contribution in [2.75, 3.05) is 0 Å². The maximum atomic E-state index is 6.21. The van der Waals surface area contributed by atoms with Crippen molar-refractivity contribution in [2.45, 2.75) is 45.5 Å².